The molecule has 0 fully saturated rings. The summed E-state index contributed by atoms with van der Waals surface area (Å²) >= 11 is 0. The summed E-state index contributed by atoms with van der Waals surface area (Å²) in [7, 11) is 0. The van der Waals surface area contributed by atoms with Crippen molar-refractivity contribution in [2.45, 2.75) is 18.3 Å². The smallest absolute Gasteiger partial charge is 0.329 e. The van der Waals surface area contributed by atoms with Gasteiger partial charge in [-0.3, -0.25) is 0 Å². The van der Waals surface area contributed by atoms with Crippen LogP contribution in [0.2, 0.25) is 0 Å². The molecule has 0 spiro atoms. The van der Waals surface area contributed by atoms with Crippen LogP contribution in [0, 0.1) is 17.7 Å². The normalized spacial score (nSPS) is 14.1. The largest absolute Gasteiger partial charge is 0.491 e. The Morgan fingerprint density at radius 3 is 2.37 bits per heavy atom. The number of ether oxygens (including phenoxy) is 2. The van der Waals surface area contributed by atoms with Crippen molar-refractivity contribution in [1.29, 1.82) is 0 Å². The van der Waals surface area contributed by atoms with Gasteiger partial charge in [-0.15, -0.1) is 0 Å². The van der Waals surface area contributed by atoms with E-state index in [0.29, 0.717) is 5.75 Å². The number of aliphatic hydroxyl groups is 3. The second-order valence-electron chi connectivity index (χ2n) is 5.69. The minimum Gasteiger partial charge on any atom is -0.491 e. The Kier molecular flexibility index (Phi) is 15.7. The van der Waals surface area contributed by atoms with Crippen LogP contribution >= 0.6 is 0 Å². The average Bonchev–Trinajstić information content (AvgIpc) is 2.69. The molecule has 1 radical (unpaired) electrons. The summed E-state index contributed by atoms with van der Waals surface area (Å²) in [6, 6.07) is 5.44. The zero-order valence-electron chi connectivity index (χ0n) is 16.5. The number of allylic oxidation sites excluding steroid dienone is 4. The van der Waals surface area contributed by atoms with E-state index in [1.54, 1.807) is 0 Å². The van der Waals surface area contributed by atoms with Gasteiger partial charge in [-0.2, -0.15) is 0 Å². The minimum absolute atomic E-state index is 0. The van der Waals surface area contributed by atoms with Crippen LogP contribution in [0.4, 0.5) is 4.39 Å². The molecule has 0 aromatic heterocycles. The van der Waals surface area contributed by atoms with Crippen molar-refractivity contribution >= 4 is 35.5 Å². The molecule has 157 valence electrons. The van der Waals surface area contributed by atoms with Crippen LogP contribution < -0.4 is 4.74 Å². The molecular weight excluding hydrogens is 406 g/mol. The van der Waals surface area contributed by atoms with Gasteiger partial charge in [0.05, 0.1) is 6.61 Å². The summed E-state index contributed by atoms with van der Waals surface area (Å²) in [5.74, 6) is 4.26. The van der Waals surface area contributed by atoms with Gasteiger partial charge in [-0.05, 0) is 42.5 Å². The number of hydrogen-bond donors (Lipinski definition) is 4. The Labute approximate surface area is 196 Å². The third-order valence-corrected chi connectivity index (χ3v) is 3.23. The van der Waals surface area contributed by atoms with Crippen LogP contribution in [0.3, 0.4) is 0 Å². The molecule has 0 saturated heterocycles. The van der Waals surface area contributed by atoms with Gasteiger partial charge in [0.1, 0.15) is 43.1 Å². The van der Waals surface area contributed by atoms with Crippen molar-refractivity contribution in [2.24, 2.45) is 0 Å². The molecule has 1 rings (SSSR count). The van der Waals surface area contributed by atoms with Crippen molar-refractivity contribution in [3.05, 3.63) is 66.5 Å². The standard InChI is InChI=1S/C21H23FO7.Na/c22-16-9-11-18(12-10-16)29-13-17(23)7-5-3-1-2-4-6-8-19(24)20(25)14-28-15-21(26)27;/h2,4-12,17,19-20,23-25H,13-15H2,(H,26,27);/b4-2+,7-5+,8-6+;/t17-,19+,20-;/m0./s1. The van der Waals surface area contributed by atoms with Gasteiger partial charge in [0.2, 0.25) is 0 Å². The van der Waals surface area contributed by atoms with E-state index in [4.69, 9.17) is 9.84 Å². The molecule has 0 saturated carbocycles. The molecule has 3 atom stereocenters. The zero-order valence-corrected chi connectivity index (χ0v) is 18.5. The molecule has 0 aliphatic carbocycles. The van der Waals surface area contributed by atoms with Crippen LogP contribution in [-0.4, -0.2) is 94.1 Å². The van der Waals surface area contributed by atoms with Gasteiger partial charge in [-0.1, -0.05) is 30.1 Å². The molecule has 9 heteroatoms. The molecule has 0 bridgehead atoms. The topological polar surface area (TPSA) is 116 Å². The minimum atomic E-state index is -1.24. The number of rotatable bonds is 11. The Bertz CT molecular complexity index is 766. The first-order chi connectivity index (χ1) is 13.9. The first-order valence-electron chi connectivity index (χ1n) is 8.61. The van der Waals surface area contributed by atoms with Crippen LogP contribution in [0.15, 0.2) is 60.7 Å². The number of aliphatic hydroxyl groups excluding tert-OH is 3. The number of carboxylic acid groups (broad SMARTS) is 1. The summed E-state index contributed by atoms with van der Waals surface area (Å²) in [6.45, 7) is -0.859. The van der Waals surface area contributed by atoms with Crippen LogP contribution in [-0.2, 0) is 9.53 Å². The van der Waals surface area contributed by atoms with Gasteiger partial charge < -0.3 is 29.9 Å². The van der Waals surface area contributed by atoms with Crippen molar-refractivity contribution in [2.75, 3.05) is 19.8 Å². The van der Waals surface area contributed by atoms with E-state index in [0.717, 1.165) is 0 Å². The summed E-state index contributed by atoms with van der Waals surface area (Å²) in [6.07, 6.45) is 5.35. The Morgan fingerprint density at radius 1 is 1.03 bits per heavy atom. The van der Waals surface area contributed by atoms with E-state index in [1.807, 2.05) is 0 Å². The summed E-state index contributed by atoms with van der Waals surface area (Å²) < 4.78 is 22.7. The second kappa shape index (κ2) is 16.8. The molecule has 7 nitrogen and oxygen atoms in total. The molecule has 0 aliphatic rings. The van der Waals surface area contributed by atoms with Gasteiger partial charge >= 0.3 is 5.97 Å². The van der Waals surface area contributed by atoms with Gasteiger partial charge in [0.25, 0.3) is 0 Å². The molecule has 30 heavy (non-hydrogen) atoms. The Morgan fingerprint density at radius 2 is 1.70 bits per heavy atom. The quantitative estimate of drug-likeness (QED) is 0.232. The first-order valence-corrected chi connectivity index (χ1v) is 8.61. The predicted molar refractivity (Wildman–Crippen MR) is 109 cm³/mol. The van der Waals surface area contributed by atoms with E-state index in [2.05, 4.69) is 16.6 Å². The average molecular weight is 429 g/mol. The fourth-order valence-corrected chi connectivity index (χ4v) is 1.80. The van der Waals surface area contributed by atoms with E-state index in [9.17, 15) is 24.5 Å². The number of benzene rings is 1. The molecule has 0 heterocycles. The number of carbonyl (C=O) groups is 1. The van der Waals surface area contributed by atoms with E-state index in [-0.39, 0.29) is 48.6 Å². The summed E-state index contributed by atoms with van der Waals surface area (Å²) in [4.78, 5) is 10.3. The molecule has 0 aliphatic heterocycles. The molecule has 1 aromatic carbocycles. The third-order valence-electron chi connectivity index (χ3n) is 3.23. The first kappa shape index (κ1) is 28.0. The van der Waals surface area contributed by atoms with Gasteiger partial charge in [0.15, 0.2) is 0 Å². The molecule has 0 amide bonds. The van der Waals surface area contributed by atoms with Gasteiger partial charge in [-0.25, -0.2) is 9.18 Å². The van der Waals surface area contributed by atoms with Crippen molar-refractivity contribution in [3.63, 3.8) is 0 Å². The maximum Gasteiger partial charge on any atom is 0.329 e. The van der Waals surface area contributed by atoms with Crippen LogP contribution in [0.5, 0.6) is 5.75 Å². The maximum atomic E-state index is 12.8. The third kappa shape index (κ3) is 14.1. The van der Waals surface area contributed by atoms with Crippen molar-refractivity contribution in [3.8, 4) is 17.6 Å². The SMILES string of the molecule is O=C(O)COC[C@H](O)[C@H](O)/C=C/C=C/C#C/C=C/[C@H](O)COc1ccc(F)cc1.[Na]. The molecule has 4 N–H and O–H groups in total. The number of aliphatic carboxylic acids is 1. The molecule has 1 aromatic rings. The number of carboxylic acids is 1. The molecule has 0 unspecified atom stereocenters. The van der Waals surface area contributed by atoms with Crippen molar-refractivity contribution in [1.82, 2.24) is 0 Å². The fraction of sp³-hybridized carbons (Fsp3) is 0.286. The fourth-order valence-electron chi connectivity index (χ4n) is 1.80. The predicted octanol–water partition coefficient (Wildman–Crippen LogP) is 0.680. The monoisotopic (exact) mass is 429 g/mol. The summed E-state index contributed by atoms with van der Waals surface area (Å²) in [5, 5.41) is 37.3. The van der Waals surface area contributed by atoms with E-state index < -0.39 is 30.9 Å². The molecular formula is C21H23FNaO7. The maximum absolute atomic E-state index is 12.8. The second-order valence-corrected chi connectivity index (χ2v) is 5.69. The van der Waals surface area contributed by atoms with Crippen LogP contribution in [0.25, 0.3) is 0 Å². The van der Waals surface area contributed by atoms with E-state index in [1.165, 1.54) is 60.7 Å². The van der Waals surface area contributed by atoms with Crippen LogP contribution in [0.1, 0.15) is 0 Å². The van der Waals surface area contributed by atoms with E-state index >= 15 is 0 Å². The zero-order chi connectivity index (χ0) is 21.5. The summed E-state index contributed by atoms with van der Waals surface area (Å²) in [5.41, 5.74) is 0. The number of halogens is 1. The number of hydrogen-bond acceptors (Lipinski definition) is 6. The Balaban J connectivity index is 0.00000841. The van der Waals surface area contributed by atoms with Crippen molar-refractivity contribution < 1.29 is 39.1 Å². The van der Waals surface area contributed by atoms with Gasteiger partial charge in [0, 0.05) is 29.6 Å². The Hall–Kier alpha value is -1.96.